The standard InChI is InChI=1S/C15H19Cl2N.ClH/c16-14-8-7-13(12-15(14)17)6-2-5-11-18-9-3-1-4-10-18;/h2,6-8,12H,1,3-5,9-11H2;1H. The minimum Gasteiger partial charge on any atom is -0.303 e. The van der Waals surface area contributed by atoms with E-state index in [4.69, 9.17) is 23.2 Å². The molecule has 0 atom stereocenters. The number of benzene rings is 1. The van der Waals surface area contributed by atoms with Crippen LogP contribution in [0.5, 0.6) is 0 Å². The van der Waals surface area contributed by atoms with E-state index in [2.05, 4.69) is 17.1 Å². The molecule has 0 amide bonds. The van der Waals surface area contributed by atoms with Gasteiger partial charge in [0.15, 0.2) is 0 Å². The van der Waals surface area contributed by atoms with E-state index in [9.17, 15) is 0 Å². The van der Waals surface area contributed by atoms with Crippen molar-refractivity contribution < 1.29 is 0 Å². The lowest BCUT2D eigenvalue weighted by molar-refractivity contribution is 0.233. The fraction of sp³-hybridized carbons (Fsp3) is 0.467. The average molecular weight is 321 g/mol. The minimum atomic E-state index is 0. The molecule has 1 aromatic carbocycles. The van der Waals surface area contributed by atoms with Crippen molar-refractivity contribution in [1.82, 2.24) is 4.90 Å². The summed E-state index contributed by atoms with van der Waals surface area (Å²) in [5.74, 6) is 0. The Hall–Kier alpha value is -0.210. The summed E-state index contributed by atoms with van der Waals surface area (Å²) in [7, 11) is 0. The first-order chi connectivity index (χ1) is 8.75. The maximum absolute atomic E-state index is 5.97. The van der Waals surface area contributed by atoms with Crippen molar-refractivity contribution in [3.05, 3.63) is 39.9 Å². The molecule has 1 aromatic rings. The fourth-order valence-corrected chi connectivity index (χ4v) is 2.58. The Morgan fingerprint density at radius 1 is 1.05 bits per heavy atom. The van der Waals surface area contributed by atoms with Crippen LogP contribution >= 0.6 is 35.6 Å². The first kappa shape index (κ1) is 16.8. The van der Waals surface area contributed by atoms with E-state index >= 15 is 0 Å². The molecule has 0 N–H and O–H groups in total. The van der Waals surface area contributed by atoms with Gasteiger partial charge in [-0.1, -0.05) is 47.8 Å². The summed E-state index contributed by atoms with van der Waals surface area (Å²) in [6.45, 7) is 3.69. The molecule has 1 heterocycles. The summed E-state index contributed by atoms with van der Waals surface area (Å²) in [4.78, 5) is 2.54. The zero-order valence-corrected chi connectivity index (χ0v) is 13.3. The summed E-state index contributed by atoms with van der Waals surface area (Å²) in [5.41, 5.74) is 1.11. The van der Waals surface area contributed by atoms with Gasteiger partial charge in [-0.05, 0) is 50.0 Å². The molecule has 1 saturated heterocycles. The Labute approximate surface area is 132 Å². The third kappa shape index (κ3) is 5.74. The van der Waals surface area contributed by atoms with Crippen molar-refractivity contribution in [2.45, 2.75) is 25.7 Å². The maximum Gasteiger partial charge on any atom is 0.0598 e. The van der Waals surface area contributed by atoms with Crippen molar-refractivity contribution in [1.29, 1.82) is 0 Å². The molecule has 0 aliphatic carbocycles. The highest BCUT2D eigenvalue weighted by atomic mass is 35.5. The van der Waals surface area contributed by atoms with E-state index < -0.39 is 0 Å². The molecule has 1 aliphatic heterocycles. The Morgan fingerprint density at radius 2 is 1.79 bits per heavy atom. The molecule has 0 bridgehead atoms. The predicted molar refractivity (Wildman–Crippen MR) is 87.7 cm³/mol. The molecule has 0 aromatic heterocycles. The van der Waals surface area contributed by atoms with Crippen molar-refractivity contribution in [3.8, 4) is 0 Å². The lowest BCUT2D eigenvalue weighted by Gasteiger charge is -2.25. The van der Waals surface area contributed by atoms with Gasteiger partial charge in [-0.15, -0.1) is 12.4 Å². The number of nitrogens with zero attached hydrogens (tertiary/aromatic N) is 1. The number of hydrogen-bond acceptors (Lipinski definition) is 1. The van der Waals surface area contributed by atoms with E-state index in [-0.39, 0.29) is 12.4 Å². The number of piperidine rings is 1. The zero-order valence-electron chi connectivity index (χ0n) is 10.9. The summed E-state index contributed by atoms with van der Waals surface area (Å²) >= 11 is 11.9. The lowest BCUT2D eigenvalue weighted by Crippen LogP contribution is -2.30. The molecule has 1 aliphatic rings. The van der Waals surface area contributed by atoms with Crippen LogP contribution in [0.4, 0.5) is 0 Å². The molecule has 1 nitrogen and oxygen atoms in total. The van der Waals surface area contributed by atoms with Crippen LogP contribution in [0.3, 0.4) is 0 Å². The fourth-order valence-electron chi connectivity index (χ4n) is 2.28. The van der Waals surface area contributed by atoms with Crippen LogP contribution in [0.25, 0.3) is 6.08 Å². The number of hydrogen-bond donors (Lipinski definition) is 0. The second-order valence-electron chi connectivity index (χ2n) is 4.77. The largest absolute Gasteiger partial charge is 0.303 e. The Bertz CT molecular complexity index is 412. The molecule has 4 heteroatoms. The van der Waals surface area contributed by atoms with Crippen LogP contribution in [0.15, 0.2) is 24.3 Å². The summed E-state index contributed by atoms with van der Waals surface area (Å²) in [5, 5.41) is 1.23. The van der Waals surface area contributed by atoms with Gasteiger partial charge in [0, 0.05) is 6.54 Å². The van der Waals surface area contributed by atoms with Crippen molar-refractivity contribution in [2.75, 3.05) is 19.6 Å². The molecule has 0 saturated carbocycles. The molecular formula is C15H20Cl3N. The highest BCUT2D eigenvalue weighted by Crippen LogP contribution is 2.23. The van der Waals surface area contributed by atoms with Crippen LogP contribution < -0.4 is 0 Å². The second kappa shape index (κ2) is 8.86. The van der Waals surface area contributed by atoms with Gasteiger partial charge in [-0.25, -0.2) is 0 Å². The number of likely N-dealkylation sites (tertiary alicyclic amines) is 1. The van der Waals surface area contributed by atoms with Crippen LogP contribution in [0.1, 0.15) is 31.2 Å². The van der Waals surface area contributed by atoms with E-state index in [1.807, 2.05) is 18.2 Å². The third-order valence-corrected chi connectivity index (χ3v) is 4.05. The Balaban J connectivity index is 0.00000180. The van der Waals surface area contributed by atoms with Gasteiger partial charge in [0.2, 0.25) is 0 Å². The molecule has 106 valence electrons. The molecule has 0 spiro atoms. The van der Waals surface area contributed by atoms with Gasteiger partial charge in [0.05, 0.1) is 10.0 Å². The molecular weight excluding hydrogens is 301 g/mol. The smallest absolute Gasteiger partial charge is 0.0598 e. The molecule has 1 fully saturated rings. The molecule has 2 rings (SSSR count). The maximum atomic E-state index is 5.97. The molecule has 0 unspecified atom stereocenters. The van der Waals surface area contributed by atoms with Crippen molar-refractivity contribution >= 4 is 41.7 Å². The van der Waals surface area contributed by atoms with Crippen LogP contribution in [0, 0.1) is 0 Å². The average Bonchev–Trinajstić information content (AvgIpc) is 2.40. The van der Waals surface area contributed by atoms with Gasteiger partial charge >= 0.3 is 0 Å². The molecule has 19 heavy (non-hydrogen) atoms. The summed E-state index contributed by atoms with van der Waals surface area (Å²) in [6, 6.07) is 5.74. The highest BCUT2D eigenvalue weighted by molar-refractivity contribution is 6.42. The van der Waals surface area contributed by atoms with Gasteiger partial charge in [-0.2, -0.15) is 0 Å². The van der Waals surface area contributed by atoms with Crippen molar-refractivity contribution in [2.24, 2.45) is 0 Å². The highest BCUT2D eigenvalue weighted by Gasteiger charge is 2.07. The summed E-state index contributed by atoms with van der Waals surface area (Å²) < 4.78 is 0. The molecule has 0 radical (unpaired) electrons. The monoisotopic (exact) mass is 319 g/mol. The van der Waals surface area contributed by atoms with E-state index in [1.54, 1.807) is 0 Å². The summed E-state index contributed by atoms with van der Waals surface area (Å²) in [6.07, 6.45) is 9.54. The first-order valence-electron chi connectivity index (χ1n) is 6.59. The SMILES string of the molecule is Cl.Clc1ccc(C=CCCN2CCCCC2)cc1Cl. The third-order valence-electron chi connectivity index (χ3n) is 3.31. The van der Waals surface area contributed by atoms with Crippen LogP contribution in [0.2, 0.25) is 10.0 Å². The van der Waals surface area contributed by atoms with E-state index in [1.165, 1.54) is 32.4 Å². The minimum absolute atomic E-state index is 0. The Morgan fingerprint density at radius 3 is 2.47 bits per heavy atom. The second-order valence-corrected chi connectivity index (χ2v) is 5.58. The van der Waals surface area contributed by atoms with Gasteiger partial charge in [-0.3, -0.25) is 0 Å². The quantitative estimate of drug-likeness (QED) is 0.727. The zero-order chi connectivity index (χ0) is 12.8. The normalized spacial score (nSPS) is 16.5. The van der Waals surface area contributed by atoms with Crippen LogP contribution in [-0.4, -0.2) is 24.5 Å². The lowest BCUT2D eigenvalue weighted by atomic mass is 10.1. The van der Waals surface area contributed by atoms with Crippen molar-refractivity contribution in [3.63, 3.8) is 0 Å². The Kier molecular flexibility index (Phi) is 7.86. The van der Waals surface area contributed by atoms with Gasteiger partial charge in [0.1, 0.15) is 0 Å². The first-order valence-corrected chi connectivity index (χ1v) is 7.35. The predicted octanol–water partition coefficient (Wildman–Crippen LogP) is 5.30. The number of rotatable bonds is 4. The number of halogens is 3. The van der Waals surface area contributed by atoms with E-state index in [0.29, 0.717) is 10.0 Å². The van der Waals surface area contributed by atoms with Gasteiger partial charge in [0.25, 0.3) is 0 Å². The van der Waals surface area contributed by atoms with E-state index in [0.717, 1.165) is 18.5 Å². The van der Waals surface area contributed by atoms with Gasteiger partial charge < -0.3 is 4.90 Å². The topological polar surface area (TPSA) is 3.24 Å². The van der Waals surface area contributed by atoms with Crippen LogP contribution in [-0.2, 0) is 0 Å².